The van der Waals surface area contributed by atoms with E-state index in [2.05, 4.69) is 5.32 Å². The molecule has 1 aromatic carbocycles. The Bertz CT molecular complexity index is 633. The van der Waals surface area contributed by atoms with Crippen LogP contribution in [0.1, 0.15) is 66.9 Å². The summed E-state index contributed by atoms with van der Waals surface area (Å²) in [5.74, 6) is -3.04. The molecule has 0 radical (unpaired) electrons. The Morgan fingerprint density at radius 3 is 2.56 bits per heavy atom. The number of benzene rings is 1. The minimum atomic E-state index is -2.61. The zero-order chi connectivity index (χ0) is 18.1. The third-order valence-electron chi connectivity index (χ3n) is 5.81. The number of amides is 1. The van der Waals surface area contributed by atoms with Crippen molar-refractivity contribution in [3.05, 3.63) is 34.9 Å². The zero-order valence-electron chi connectivity index (χ0n) is 14.8. The van der Waals surface area contributed by atoms with Crippen molar-refractivity contribution in [1.29, 1.82) is 0 Å². The van der Waals surface area contributed by atoms with E-state index in [4.69, 9.17) is 0 Å². The molecule has 138 valence electrons. The molecule has 1 amide bonds. The van der Waals surface area contributed by atoms with Crippen molar-refractivity contribution < 1.29 is 18.7 Å². The maximum atomic E-state index is 13.3. The lowest BCUT2D eigenvalue weighted by Gasteiger charge is -2.38. The number of hydrogen-bond acceptors (Lipinski definition) is 2. The first-order valence-electron chi connectivity index (χ1n) is 9.27. The van der Waals surface area contributed by atoms with Gasteiger partial charge < -0.3 is 10.4 Å². The van der Waals surface area contributed by atoms with Crippen LogP contribution in [-0.2, 0) is 12.8 Å². The van der Waals surface area contributed by atoms with Crippen LogP contribution in [0.3, 0.4) is 0 Å². The lowest BCUT2D eigenvalue weighted by Crippen LogP contribution is -2.48. The molecule has 3 rings (SSSR count). The van der Waals surface area contributed by atoms with Gasteiger partial charge in [0.25, 0.3) is 5.91 Å². The third-order valence-corrected chi connectivity index (χ3v) is 5.81. The van der Waals surface area contributed by atoms with Gasteiger partial charge in [0.2, 0.25) is 5.92 Å². The van der Waals surface area contributed by atoms with Gasteiger partial charge in [-0.1, -0.05) is 6.07 Å². The van der Waals surface area contributed by atoms with Gasteiger partial charge in [0.1, 0.15) is 0 Å². The smallest absolute Gasteiger partial charge is 0.251 e. The predicted molar refractivity (Wildman–Crippen MR) is 92.9 cm³/mol. The third kappa shape index (κ3) is 4.38. The van der Waals surface area contributed by atoms with E-state index in [1.165, 1.54) is 17.5 Å². The van der Waals surface area contributed by atoms with Crippen molar-refractivity contribution in [1.82, 2.24) is 5.32 Å². The summed E-state index contributed by atoms with van der Waals surface area (Å²) in [6.07, 6.45) is 4.62. The molecule has 0 aromatic heterocycles. The fraction of sp³-hybridized carbons (Fsp3) is 0.650. The highest BCUT2D eigenvalue weighted by atomic mass is 19.3. The van der Waals surface area contributed by atoms with Crippen LogP contribution in [0, 0.1) is 5.92 Å². The quantitative estimate of drug-likeness (QED) is 0.865. The van der Waals surface area contributed by atoms with Crippen LogP contribution >= 0.6 is 0 Å². The first-order valence-corrected chi connectivity index (χ1v) is 9.27. The number of carbonyl (C=O) groups is 1. The molecule has 1 saturated carbocycles. The first-order chi connectivity index (χ1) is 11.8. The minimum absolute atomic E-state index is 0.0825. The summed E-state index contributed by atoms with van der Waals surface area (Å²) in [4.78, 5) is 12.4. The van der Waals surface area contributed by atoms with Gasteiger partial charge in [-0.25, -0.2) is 8.78 Å². The summed E-state index contributed by atoms with van der Waals surface area (Å²) in [6, 6.07) is 5.79. The summed E-state index contributed by atoms with van der Waals surface area (Å²) >= 11 is 0. The molecule has 0 bridgehead atoms. The Kier molecular flexibility index (Phi) is 5.14. The molecule has 1 fully saturated rings. The van der Waals surface area contributed by atoms with Gasteiger partial charge >= 0.3 is 0 Å². The number of nitrogens with one attached hydrogen (secondary N) is 1. The predicted octanol–water partition coefficient (Wildman–Crippen LogP) is 3.87. The maximum Gasteiger partial charge on any atom is 0.251 e. The molecule has 5 heteroatoms. The first kappa shape index (κ1) is 18.3. The van der Waals surface area contributed by atoms with E-state index in [-0.39, 0.29) is 44.1 Å². The van der Waals surface area contributed by atoms with E-state index in [1.54, 1.807) is 6.92 Å². The summed E-state index contributed by atoms with van der Waals surface area (Å²) in [5.41, 5.74) is 1.99. The van der Waals surface area contributed by atoms with Crippen molar-refractivity contribution >= 4 is 5.91 Å². The average Bonchev–Trinajstić information content (AvgIpc) is 2.59. The molecule has 0 heterocycles. The molecular weight excluding hydrogens is 324 g/mol. The van der Waals surface area contributed by atoms with Crippen molar-refractivity contribution in [2.75, 3.05) is 6.54 Å². The highest BCUT2D eigenvalue weighted by molar-refractivity contribution is 5.94. The number of hydrogen-bond donors (Lipinski definition) is 2. The van der Waals surface area contributed by atoms with E-state index in [1.807, 2.05) is 18.2 Å². The summed E-state index contributed by atoms with van der Waals surface area (Å²) in [7, 11) is 0. The molecule has 1 aromatic rings. The van der Waals surface area contributed by atoms with Crippen molar-refractivity contribution in [2.24, 2.45) is 5.92 Å². The maximum absolute atomic E-state index is 13.3. The highest BCUT2D eigenvalue weighted by Gasteiger charge is 2.41. The second-order valence-corrected chi connectivity index (χ2v) is 7.86. The van der Waals surface area contributed by atoms with Crippen molar-refractivity contribution in [3.63, 3.8) is 0 Å². The second-order valence-electron chi connectivity index (χ2n) is 7.86. The SMILES string of the molecule is CC(O)(CNC(=O)c1ccc2c(c1)CCCC2)C1CCC(F)(F)CC1. The molecule has 0 spiro atoms. The van der Waals surface area contributed by atoms with Crippen LogP contribution in [0.15, 0.2) is 18.2 Å². The molecule has 25 heavy (non-hydrogen) atoms. The summed E-state index contributed by atoms with van der Waals surface area (Å²) in [6.45, 7) is 1.72. The van der Waals surface area contributed by atoms with Crippen LogP contribution in [0.2, 0.25) is 0 Å². The molecule has 2 aliphatic carbocycles. The molecule has 0 saturated heterocycles. The molecule has 1 unspecified atom stereocenters. The topological polar surface area (TPSA) is 49.3 Å². The Morgan fingerprint density at radius 1 is 1.24 bits per heavy atom. The fourth-order valence-electron chi connectivity index (χ4n) is 4.04. The van der Waals surface area contributed by atoms with E-state index in [0.717, 1.165) is 19.3 Å². The molecule has 2 N–H and O–H groups in total. The Labute approximate surface area is 147 Å². The highest BCUT2D eigenvalue weighted by Crippen LogP contribution is 2.40. The number of aliphatic hydroxyl groups is 1. The number of halogens is 2. The van der Waals surface area contributed by atoms with Gasteiger partial charge in [0.15, 0.2) is 0 Å². The van der Waals surface area contributed by atoms with E-state index >= 15 is 0 Å². The largest absolute Gasteiger partial charge is 0.388 e. The van der Waals surface area contributed by atoms with Crippen LogP contribution in [0.5, 0.6) is 0 Å². The van der Waals surface area contributed by atoms with Gasteiger partial charge in [0, 0.05) is 24.9 Å². The Balaban J connectivity index is 1.58. The Hall–Kier alpha value is -1.49. The van der Waals surface area contributed by atoms with Crippen LogP contribution in [0.4, 0.5) is 8.78 Å². The number of fused-ring (bicyclic) bond motifs is 1. The van der Waals surface area contributed by atoms with Crippen molar-refractivity contribution in [2.45, 2.75) is 69.8 Å². The Morgan fingerprint density at radius 2 is 1.88 bits per heavy atom. The molecule has 0 aliphatic heterocycles. The number of aryl methyl sites for hydroxylation is 2. The summed E-state index contributed by atoms with van der Waals surface area (Å²) < 4.78 is 26.6. The molecule has 1 atom stereocenters. The minimum Gasteiger partial charge on any atom is -0.388 e. The van der Waals surface area contributed by atoms with Crippen LogP contribution in [-0.4, -0.2) is 29.1 Å². The standard InChI is InChI=1S/C20H27F2NO2/c1-19(25,17-8-10-20(21,22)11-9-17)13-23-18(24)16-7-6-14-4-2-3-5-15(14)12-16/h6-7,12,17,25H,2-5,8-11,13H2,1H3,(H,23,24). The monoisotopic (exact) mass is 351 g/mol. The second kappa shape index (κ2) is 7.02. The summed E-state index contributed by atoms with van der Waals surface area (Å²) in [5, 5.41) is 13.4. The van der Waals surface area contributed by atoms with Gasteiger partial charge in [-0.15, -0.1) is 0 Å². The van der Waals surface area contributed by atoms with Gasteiger partial charge in [-0.3, -0.25) is 4.79 Å². The molecule has 2 aliphatic rings. The van der Waals surface area contributed by atoms with E-state index in [9.17, 15) is 18.7 Å². The number of carbonyl (C=O) groups excluding carboxylic acids is 1. The molecular formula is C20H27F2NO2. The van der Waals surface area contributed by atoms with Gasteiger partial charge in [-0.2, -0.15) is 0 Å². The lowest BCUT2D eigenvalue weighted by atomic mass is 9.76. The number of rotatable bonds is 4. The van der Waals surface area contributed by atoms with Crippen LogP contribution in [0.25, 0.3) is 0 Å². The van der Waals surface area contributed by atoms with Crippen molar-refractivity contribution in [3.8, 4) is 0 Å². The van der Waals surface area contributed by atoms with Gasteiger partial charge in [-0.05, 0) is 74.6 Å². The van der Waals surface area contributed by atoms with E-state index in [0.29, 0.717) is 5.56 Å². The fourth-order valence-corrected chi connectivity index (χ4v) is 4.04. The molecule has 3 nitrogen and oxygen atoms in total. The van der Waals surface area contributed by atoms with Crippen LogP contribution < -0.4 is 5.32 Å². The van der Waals surface area contributed by atoms with Gasteiger partial charge in [0.05, 0.1) is 5.60 Å². The normalized spacial score (nSPS) is 22.7. The zero-order valence-corrected chi connectivity index (χ0v) is 14.8. The van der Waals surface area contributed by atoms with E-state index < -0.39 is 11.5 Å². The average molecular weight is 351 g/mol. The number of alkyl halides is 2. The lowest BCUT2D eigenvalue weighted by molar-refractivity contribution is -0.0862.